The SMILES string of the molecule is CC(C)COc1ccccc1C1=NCCCN1. The van der Waals surface area contributed by atoms with Gasteiger partial charge in [0.15, 0.2) is 0 Å². The number of aliphatic imine (C=N–C) groups is 1. The quantitative estimate of drug-likeness (QED) is 0.865. The van der Waals surface area contributed by atoms with Crippen LogP contribution < -0.4 is 10.1 Å². The fourth-order valence-electron chi connectivity index (χ4n) is 1.76. The number of amidine groups is 1. The van der Waals surface area contributed by atoms with Gasteiger partial charge in [0.2, 0.25) is 0 Å². The van der Waals surface area contributed by atoms with E-state index >= 15 is 0 Å². The maximum atomic E-state index is 5.83. The van der Waals surface area contributed by atoms with Gasteiger partial charge in [0.25, 0.3) is 0 Å². The third kappa shape index (κ3) is 3.22. The first-order chi connectivity index (χ1) is 8.27. The second-order valence-corrected chi connectivity index (χ2v) is 4.71. The molecule has 3 nitrogen and oxygen atoms in total. The van der Waals surface area contributed by atoms with E-state index in [0.717, 1.165) is 43.3 Å². The van der Waals surface area contributed by atoms with Crippen LogP contribution in [0, 0.1) is 5.92 Å². The molecular weight excluding hydrogens is 212 g/mol. The van der Waals surface area contributed by atoms with E-state index in [9.17, 15) is 0 Å². The van der Waals surface area contributed by atoms with Crippen LogP contribution in [0.25, 0.3) is 0 Å². The highest BCUT2D eigenvalue weighted by Crippen LogP contribution is 2.19. The largest absolute Gasteiger partial charge is 0.493 e. The average molecular weight is 232 g/mol. The number of nitrogens with zero attached hydrogens (tertiary/aromatic N) is 1. The van der Waals surface area contributed by atoms with Gasteiger partial charge >= 0.3 is 0 Å². The zero-order valence-corrected chi connectivity index (χ0v) is 10.6. The van der Waals surface area contributed by atoms with E-state index in [4.69, 9.17) is 4.74 Å². The Morgan fingerprint density at radius 1 is 1.35 bits per heavy atom. The molecule has 1 aliphatic rings. The van der Waals surface area contributed by atoms with E-state index in [1.807, 2.05) is 18.2 Å². The number of hydrogen-bond acceptors (Lipinski definition) is 3. The molecule has 17 heavy (non-hydrogen) atoms. The molecule has 92 valence electrons. The Balaban J connectivity index is 2.17. The predicted octanol–water partition coefficient (Wildman–Crippen LogP) is 2.46. The van der Waals surface area contributed by atoms with Gasteiger partial charge in [-0.3, -0.25) is 4.99 Å². The molecule has 0 aromatic heterocycles. The van der Waals surface area contributed by atoms with Crippen LogP contribution in [0.5, 0.6) is 5.75 Å². The second kappa shape index (κ2) is 5.71. The van der Waals surface area contributed by atoms with Gasteiger partial charge in [-0.1, -0.05) is 26.0 Å². The van der Waals surface area contributed by atoms with E-state index in [1.165, 1.54) is 0 Å². The Morgan fingerprint density at radius 2 is 2.18 bits per heavy atom. The third-order valence-electron chi connectivity index (χ3n) is 2.61. The molecule has 1 aromatic carbocycles. The van der Waals surface area contributed by atoms with Gasteiger partial charge in [-0.2, -0.15) is 0 Å². The summed E-state index contributed by atoms with van der Waals surface area (Å²) in [5.74, 6) is 2.43. The second-order valence-electron chi connectivity index (χ2n) is 4.71. The lowest BCUT2D eigenvalue weighted by molar-refractivity contribution is 0.270. The molecule has 0 aliphatic carbocycles. The maximum Gasteiger partial charge on any atom is 0.132 e. The Hall–Kier alpha value is -1.51. The third-order valence-corrected chi connectivity index (χ3v) is 2.61. The van der Waals surface area contributed by atoms with Gasteiger partial charge in [-0.05, 0) is 24.5 Å². The predicted molar refractivity (Wildman–Crippen MR) is 70.8 cm³/mol. The minimum Gasteiger partial charge on any atom is -0.493 e. The van der Waals surface area contributed by atoms with Gasteiger partial charge < -0.3 is 10.1 Å². The molecule has 1 aliphatic heterocycles. The molecule has 0 bridgehead atoms. The summed E-state index contributed by atoms with van der Waals surface area (Å²) in [6.45, 7) is 6.94. The molecule has 2 rings (SSSR count). The van der Waals surface area contributed by atoms with Crippen molar-refractivity contribution < 1.29 is 4.74 Å². The number of ether oxygens (including phenoxy) is 1. The van der Waals surface area contributed by atoms with Crippen LogP contribution >= 0.6 is 0 Å². The Labute approximate surface area is 103 Å². The summed E-state index contributed by atoms with van der Waals surface area (Å²) in [5, 5.41) is 3.33. The fourth-order valence-corrected chi connectivity index (χ4v) is 1.76. The number of rotatable bonds is 4. The first-order valence-corrected chi connectivity index (χ1v) is 6.28. The van der Waals surface area contributed by atoms with Crippen LogP contribution in [0.1, 0.15) is 25.8 Å². The summed E-state index contributed by atoms with van der Waals surface area (Å²) in [7, 11) is 0. The van der Waals surface area contributed by atoms with Crippen LogP contribution in [-0.2, 0) is 0 Å². The molecule has 3 heteroatoms. The van der Waals surface area contributed by atoms with Gasteiger partial charge in [-0.15, -0.1) is 0 Å². The van der Waals surface area contributed by atoms with E-state index in [0.29, 0.717) is 5.92 Å². The van der Waals surface area contributed by atoms with Crippen LogP contribution in [-0.4, -0.2) is 25.5 Å². The van der Waals surface area contributed by atoms with Crippen molar-refractivity contribution in [2.75, 3.05) is 19.7 Å². The van der Waals surface area contributed by atoms with Crippen molar-refractivity contribution in [2.24, 2.45) is 10.9 Å². The molecule has 1 heterocycles. The number of hydrogen-bond donors (Lipinski definition) is 1. The highest BCUT2D eigenvalue weighted by Gasteiger charge is 2.12. The van der Waals surface area contributed by atoms with Crippen molar-refractivity contribution in [3.05, 3.63) is 29.8 Å². The van der Waals surface area contributed by atoms with Gasteiger partial charge in [-0.25, -0.2) is 0 Å². The smallest absolute Gasteiger partial charge is 0.132 e. The molecular formula is C14H20N2O. The standard InChI is InChI=1S/C14H20N2O/c1-11(2)10-17-13-7-4-3-6-12(13)14-15-8-5-9-16-14/h3-4,6-7,11H,5,8-10H2,1-2H3,(H,15,16). The van der Waals surface area contributed by atoms with Crippen LogP contribution in [0.3, 0.4) is 0 Å². The highest BCUT2D eigenvalue weighted by atomic mass is 16.5. The fraction of sp³-hybridized carbons (Fsp3) is 0.500. The maximum absolute atomic E-state index is 5.83. The highest BCUT2D eigenvalue weighted by molar-refractivity contribution is 6.01. The first-order valence-electron chi connectivity index (χ1n) is 6.28. The molecule has 0 spiro atoms. The lowest BCUT2D eigenvalue weighted by Gasteiger charge is -2.18. The zero-order valence-electron chi connectivity index (χ0n) is 10.6. The van der Waals surface area contributed by atoms with E-state index in [2.05, 4.69) is 30.2 Å². The van der Waals surface area contributed by atoms with Gasteiger partial charge in [0, 0.05) is 13.1 Å². The zero-order chi connectivity index (χ0) is 12.1. The summed E-state index contributed by atoms with van der Waals surface area (Å²) in [5.41, 5.74) is 1.08. The lowest BCUT2D eigenvalue weighted by Crippen LogP contribution is -2.30. The van der Waals surface area contributed by atoms with Crippen molar-refractivity contribution in [1.29, 1.82) is 0 Å². The summed E-state index contributed by atoms with van der Waals surface area (Å²) in [6, 6.07) is 8.10. The Kier molecular flexibility index (Phi) is 4.02. The summed E-state index contributed by atoms with van der Waals surface area (Å²) in [6.07, 6.45) is 1.11. The molecule has 0 unspecified atom stereocenters. The van der Waals surface area contributed by atoms with Crippen molar-refractivity contribution >= 4 is 5.84 Å². The number of para-hydroxylation sites is 1. The number of nitrogens with one attached hydrogen (secondary N) is 1. The molecule has 0 radical (unpaired) electrons. The van der Waals surface area contributed by atoms with E-state index in [-0.39, 0.29) is 0 Å². The first kappa shape index (κ1) is 12.0. The summed E-state index contributed by atoms with van der Waals surface area (Å²) in [4.78, 5) is 4.51. The van der Waals surface area contributed by atoms with Crippen LogP contribution in [0.2, 0.25) is 0 Å². The Morgan fingerprint density at radius 3 is 2.88 bits per heavy atom. The molecule has 1 aromatic rings. The minimum absolute atomic E-state index is 0.532. The Bertz CT molecular complexity index is 399. The lowest BCUT2D eigenvalue weighted by atomic mass is 10.1. The molecule has 0 atom stereocenters. The molecule has 1 N–H and O–H groups in total. The summed E-state index contributed by atoms with van der Waals surface area (Å²) < 4.78 is 5.83. The summed E-state index contributed by atoms with van der Waals surface area (Å²) >= 11 is 0. The van der Waals surface area contributed by atoms with Crippen LogP contribution in [0.15, 0.2) is 29.3 Å². The van der Waals surface area contributed by atoms with Gasteiger partial charge in [0.1, 0.15) is 11.6 Å². The van der Waals surface area contributed by atoms with Gasteiger partial charge in [0.05, 0.1) is 12.2 Å². The minimum atomic E-state index is 0.532. The van der Waals surface area contributed by atoms with E-state index < -0.39 is 0 Å². The topological polar surface area (TPSA) is 33.6 Å². The van der Waals surface area contributed by atoms with Crippen molar-refractivity contribution in [3.63, 3.8) is 0 Å². The van der Waals surface area contributed by atoms with Crippen molar-refractivity contribution in [1.82, 2.24) is 5.32 Å². The van der Waals surface area contributed by atoms with Crippen molar-refractivity contribution in [3.8, 4) is 5.75 Å². The monoisotopic (exact) mass is 232 g/mol. The molecule has 0 fully saturated rings. The molecule has 0 saturated carbocycles. The van der Waals surface area contributed by atoms with E-state index in [1.54, 1.807) is 0 Å². The average Bonchev–Trinajstić information content (AvgIpc) is 2.38. The van der Waals surface area contributed by atoms with Crippen molar-refractivity contribution in [2.45, 2.75) is 20.3 Å². The molecule has 0 saturated heterocycles. The van der Waals surface area contributed by atoms with Crippen LogP contribution in [0.4, 0.5) is 0 Å². The normalized spacial score (nSPS) is 15.4. The molecule has 0 amide bonds. The number of benzene rings is 1.